The Labute approximate surface area is 142 Å². The predicted molar refractivity (Wildman–Crippen MR) is 86.0 cm³/mol. The molecule has 134 valence electrons. The molecular weight excluding hydrogens is 312 g/mol. The maximum absolute atomic E-state index is 12.7. The first-order valence-electron chi connectivity index (χ1n) is 8.17. The van der Waals surface area contributed by atoms with Crippen LogP contribution in [0, 0.1) is 6.92 Å². The van der Waals surface area contributed by atoms with Crippen molar-refractivity contribution in [3.63, 3.8) is 0 Å². The Bertz CT molecular complexity index is 620. The van der Waals surface area contributed by atoms with Gasteiger partial charge in [0.1, 0.15) is 23.6 Å². The maximum atomic E-state index is 12.7. The molecule has 0 saturated heterocycles. The summed E-state index contributed by atoms with van der Waals surface area (Å²) in [6.07, 6.45) is -0.629. The van der Waals surface area contributed by atoms with Crippen LogP contribution in [0.15, 0.2) is 0 Å². The van der Waals surface area contributed by atoms with Crippen LogP contribution in [0.3, 0.4) is 0 Å². The predicted octanol–water partition coefficient (Wildman–Crippen LogP) is 1.06. The summed E-state index contributed by atoms with van der Waals surface area (Å²) in [6.45, 7) is 11.7. The third kappa shape index (κ3) is 3.92. The molecule has 0 aliphatic carbocycles. The zero-order valence-corrected chi connectivity index (χ0v) is 15.2. The molecule has 8 nitrogen and oxygen atoms in total. The molecule has 2 rings (SSSR count). The Balaban J connectivity index is 2.30. The summed E-state index contributed by atoms with van der Waals surface area (Å²) in [5.74, 6) is 0.686. The fourth-order valence-corrected chi connectivity index (χ4v) is 2.67. The van der Waals surface area contributed by atoms with Crippen molar-refractivity contribution >= 4 is 11.9 Å². The topological polar surface area (TPSA) is 86.5 Å². The molecule has 1 amide bonds. The Morgan fingerprint density at radius 2 is 2.00 bits per heavy atom. The van der Waals surface area contributed by atoms with Gasteiger partial charge in [-0.3, -0.25) is 4.79 Å². The average Bonchev–Trinajstić information content (AvgIpc) is 2.84. The van der Waals surface area contributed by atoms with E-state index in [1.165, 1.54) is 4.90 Å². The molecule has 1 aromatic heterocycles. The number of ether oxygens (including phenoxy) is 2. The first kappa shape index (κ1) is 18.4. The van der Waals surface area contributed by atoms with E-state index in [0.29, 0.717) is 18.3 Å². The first-order valence-corrected chi connectivity index (χ1v) is 8.17. The SMILES string of the molecule is CCO[C@H](C)C(=O)N1Cc2nnc(C)n2C[C@H]1C(=O)OC(C)(C)C. The molecular formula is C16H26N4O4. The lowest BCUT2D eigenvalue weighted by atomic mass is 10.1. The van der Waals surface area contributed by atoms with E-state index < -0.39 is 23.7 Å². The lowest BCUT2D eigenvalue weighted by molar-refractivity contribution is -0.169. The number of aromatic nitrogens is 3. The highest BCUT2D eigenvalue weighted by Crippen LogP contribution is 2.22. The van der Waals surface area contributed by atoms with E-state index in [1.807, 2.05) is 18.4 Å². The number of rotatable bonds is 4. The van der Waals surface area contributed by atoms with Crippen LogP contribution in [0.1, 0.15) is 46.3 Å². The van der Waals surface area contributed by atoms with E-state index >= 15 is 0 Å². The van der Waals surface area contributed by atoms with Crippen LogP contribution in [0.5, 0.6) is 0 Å². The van der Waals surface area contributed by atoms with Gasteiger partial charge in [-0.1, -0.05) is 0 Å². The zero-order valence-electron chi connectivity index (χ0n) is 15.2. The molecule has 0 aromatic carbocycles. The summed E-state index contributed by atoms with van der Waals surface area (Å²) < 4.78 is 12.7. The minimum atomic E-state index is -0.721. The Morgan fingerprint density at radius 3 is 2.58 bits per heavy atom. The molecule has 2 heterocycles. The number of hydrogen-bond donors (Lipinski definition) is 0. The molecule has 0 saturated carbocycles. The quantitative estimate of drug-likeness (QED) is 0.763. The minimum absolute atomic E-state index is 0.209. The standard InChI is InChI=1S/C16H26N4O4/c1-7-23-10(2)14(21)20-9-13-18-17-11(3)19(13)8-12(20)15(22)24-16(4,5)6/h10,12H,7-9H2,1-6H3/t10-,12+/m1/s1. The number of esters is 1. The van der Waals surface area contributed by atoms with Gasteiger partial charge in [0, 0.05) is 6.61 Å². The van der Waals surface area contributed by atoms with Crippen molar-refractivity contribution in [3.8, 4) is 0 Å². The molecule has 0 fully saturated rings. The van der Waals surface area contributed by atoms with Gasteiger partial charge >= 0.3 is 5.97 Å². The third-order valence-corrected chi connectivity index (χ3v) is 3.78. The number of carbonyl (C=O) groups excluding carboxylic acids is 2. The van der Waals surface area contributed by atoms with Crippen LogP contribution in [0.25, 0.3) is 0 Å². The lowest BCUT2D eigenvalue weighted by Gasteiger charge is -2.37. The van der Waals surface area contributed by atoms with Gasteiger partial charge in [0.05, 0.1) is 13.1 Å². The number of hydrogen-bond acceptors (Lipinski definition) is 6. The van der Waals surface area contributed by atoms with Crippen molar-refractivity contribution in [2.24, 2.45) is 0 Å². The molecule has 0 unspecified atom stereocenters. The van der Waals surface area contributed by atoms with Crippen LogP contribution in [0.2, 0.25) is 0 Å². The second-order valence-corrected chi connectivity index (χ2v) is 6.89. The highest BCUT2D eigenvalue weighted by Gasteiger charge is 2.40. The molecule has 0 radical (unpaired) electrons. The molecule has 1 aromatic rings. The highest BCUT2D eigenvalue weighted by molar-refractivity contribution is 5.87. The van der Waals surface area contributed by atoms with Crippen LogP contribution < -0.4 is 0 Å². The van der Waals surface area contributed by atoms with Gasteiger partial charge in [0.15, 0.2) is 5.82 Å². The summed E-state index contributed by atoms with van der Waals surface area (Å²) in [5, 5.41) is 8.12. The van der Waals surface area contributed by atoms with Crippen LogP contribution in [-0.2, 0) is 32.2 Å². The van der Waals surface area contributed by atoms with E-state index in [9.17, 15) is 9.59 Å². The number of amides is 1. The van der Waals surface area contributed by atoms with Crippen LogP contribution >= 0.6 is 0 Å². The molecule has 24 heavy (non-hydrogen) atoms. The van der Waals surface area contributed by atoms with Crippen LogP contribution in [0.4, 0.5) is 0 Å². The number of fused-ring (bicyclic) bond motifs is 1. The average molecular weight is 338 g/mol. The van der Waals surface area contributed by atoms with Gasteiger partial charge in [-0.25, -0.2) is 4.79 Å². The first-order chi connectivity index (χ1) is 11.1. The van der Waals surface area contributed by atoms with Gasteiger partial charge < -0.3 is 18.9 Å². The molecule has 0 spiro atoms. The Hall–Kier alpha value is -1.96. The van der Waals surface area contributed by atoms with Crippen LogP contribution in [-0.4, -0.2) is 55.9 Å². The number of nitrogens with zero attached hydrogens (tertiary/aromatic N) is 4. The molecule has 1 aliphatic rings. The minimum Gasteiger partial charge on any atom is -0.458 e. The second kappa shape index (κ2) is 6.88. The van der Waals surface area contributed by atoms with E-state index in [0.717, 1.165) is 0 Å². The molecule has 1 aliphatic heterocycles. The second-order valence-electron chi connectivity index (χ2n) is 6.89. The van der Waals surface area contributed by atoms with Crippen molar-refractivity contribution in [2.75, 3.05) is 6.61 Å². The summed E-state index contributed by atoms with van der Waals surface area (Å²) in [4.78, 5) is 26.8. The van der Waals surface area contributed by atoms with Crippen molar-refractivity contribution in [1.82, 2.24) is 19.7 Å². The fraction of sp³-hybridized carbons (Fsp3) is 0.750. The normalized spacial score (nSPS) is 18.9. The summed E-state index contributed by atoms with van der Waals surface area (Å²) in [5.41, 5.74) is -0.625. The zero-order chi connectivity index (χ0) is 18.1. The molecule has 2 atom stereocenters. The summed E-state index contributed by atoms with van der Waals surface area (Å²) in [6, 6.07) is -0.721. The smallest absolute Gasteiger partial charge is 0.331 e. The largest absolute Gasteiger partial charge is 0.458 e. The van der Waals surface area contributed by atoms with Gasteiger partial charge in [-0.05, 0) is 41.5 Å². The van der Waals surface area contributed by atoms with Gasteiger partial charge in [0.25, 0.3) is 5.91 Å². The van der Waals surface area contributed by atoms with E-state index in [1.54, 1.807) is 27.7 Å². The summed E-state index contributed by atoms with van der Waals surface area (Å²) in [7, 11) is 0. The van der Waals surface area contributed by atoms with Crippen molar-refractivity contribution < 1.29 is 19.1 Å². The Kier molecular flexibility index (Phi) is 5.27. The van der Waals surface area contributed by atoms with E-state index in [-0.39, 0.29) is 19.0 Å². The lowest BCUT2D eigenvalue weighted by Crippen LogP contribution is -2.54. The highest BCUT2D eigenvalue weighted by atomic mass is 16.6. The Morgan fingerprint density at radius 1 is 1.33 bits per heavy atom. The fourth-order valence-electron chi connectivity index (χ4n) is 2.67. The number of carbonyl (C=O) groups is 2. The van der Waals surface area contributed by atoms with Crippen molar-refractivity contribution in [3.05, 3.63) is 11.6 Å². The molecule has 0 N–H and O–H groups in total. The third-order valence-electron chi connectivity index (χ3n) is 3.78. The van der Waals surface area contributed by atoms with Gasteiger partial charge in [0.2, 0.25) is 0 Å². The molecule has 0 bridgehead atoms. The summed E-state index contributed by atoms with van der Waals surface area (Å²) >= 11 is 0. The van der Waals surface area contributed by atoms with Crippen molar-refractivity contribution in [2.45, 2.75) is 72.4 Å². The molecule has 8 heteroatoms. The van der Waals surface area contributed by atoms with E-state index in [2.05, 4.69) is 10.2 Å². The maximum Gasteiger partial charge on any atom is 0.331 e. The van der Waals surface area contributed by atoms with Crippen molar-refractivity contribution in [1.29, 1.82) is 0 Å². The monoisotopic (exact) mass is 338 g/mol. The van der Waals surface area contributed by atoms with E-state index in [4.69, 9.17) is 9.47 Å². The van der Waals surface area contributed by atoms with Gasteiger partial charge in [-0.2, -0.15) is 0 Å². The van der Waals surface area contributed by atoms with Gasteiger partial charge in [-0.15, -0.1) is 10.2 Å². The number of aryl methyl sites for hydroxylation is 1.